The third kappa shape index (κ3) is 2.12. The van der Waals surface area contributed by atoms with Crippen LogP contribution < -0.4 is 11.1 Å². The molecular weight excluding hydrogens is 206 g/mol. The van der Waals surface area contributed by atoms with Gasteiger partial charge in [0.25, 0.3) is 0 Å². The van der Waals surface area contributed by atoms with E-state index in [2.05, 4.69) is 14.4 Å². The summed E-state index contributed by atoms with van der Waals surface area (Å²) in [4.78, 5) is 11.2. The first-order valence-electron chi connectivity index (χ1n) is 3.89. The Hall–Kier alpha value is -1.34. The van der Waals surface area contributed by atoms with Crippen LogP contribution in [0.4, 0.5) is 10.8 Å². The van der Waals surface area contributed by atoms with E-state index in [1.807, 2.05) is 0 Å². The SMILES string of the molecule is COC(=O)c1c(N)nsc1NCCO. The Morgan fingerprint density at radius 2 is 2.50 bits per heavy atom. The number of carbonyl (C=O) groups is 1. The van der Waals surface area contributed by atoms with Gasteiger partial charge < -0.3 is 20.9 Å². The summed E-state index contributed by atoms with van der Waals surface area (Å²) in [5.41, 5.74) is 5.71. The van der Waals surface area contributed by atoms with Crippen LogP contribution in [-0.4, -0.2) is 35.7 Å². The summed E-state index contributed by atoms with van der Waals surface area (Å²) in [6, 6.07) is 0. The molecule has 0 spiro atoms. The van der Waals surface area contributed by atoms with E-state index in [1.165, 1.54) is 7.11 Å². The molecule has 14 heavy (non-hydrogen) atoms. The molecule has 0 aliphatic rings. The third-order valence-electron chi connectivity index (χ3n) is 1.51. The highest BCUT2D eigenvalue weighted by molar-refractivity contribution is 7.11. The van der Waals surface area contributed by atoms with Gasteiger partial charge in [0.05, 0.1) is 13.7 Å². The molecule has 0 saturated heterocycles. The van der Waals surface area contributed by atoms with E-state index in [1.54, 1.807) is 0 Å². The van der Waals surface area contributed by atoms with Gasteiger partial charge in [0.1, 0.15) is 10.6 Å². The van der Waals surface area contributed by atoms with Crippen molar-refractivity contribution in [2.45, 2.75) is 0 Å². The summed E-state index contributed by atoms with van der Waals surface area (Å²) in [6.45, 7) is 0.310. The second-order valence-corrected chi connectivity index (χ2v) is 3.19. The lowest BCUT2D eigenvalue weighted by Crippen LogP contribution is -2.10. The number of nitrogens with one attached hydrogen (secondary N) is 1. The number of rotatable bonds is 4. The van der Waals surface area contributed by atoms with Gasteiger partial charge in [-0.1, -0.05) is 0 Å². The number of esters is 1. The van der Waals surface area contributed by atoms with Crippen LogP contribution in [0.5, 0.6) is 0 Å². The van der Waals surface area contributed by atoms with Gasteiger partial charge in [0, 0.05) is 6.54 Å². The smallest absolute Gasteiger partial charge is 0.344 e. The van der Waals surface area contributed by atoms with Crippen LogP contribution in [0.1, 0.15) is 10.4 Å². The molecule has 4 N–H and O–H groups in total. The van der Waals surface area contributed by atoms with Crippen molar-refractivity contribution in [1.29, 1.82) is 0 Å². The van der Waals surface area contributed by atoms with Crippen LogP contribution in [0.25, 0.3) is 0 Å². The van der Waals surface area contributed by atoms with Crippen LogP contribution in [0.3, 0.4) is 0 Å². The summed E-state index contributed by atoms with van der Waals surface area (Å²) in [6.07, 6.45) is 0. The Kier molecular flexibility index (Phi) is 3.66. The molecule has 0 bridgehead atoms. The number of anilines is 2. The number of aliphatic hydroxyl groups excluding tert-OH is 1. The number of hydrogen-bond acceptors (Lipinski definition) is 7. The van der Waals surface area contributed by atoms with Crippen molar-refractivity contribution in [3.05, 3.63) is 5.56 Å². The highest BCUT2D eigenvalue weighted by atomic mass is 32.1. The van der Waals surface area contributed by atoms with Crippen molar-refractivity contribution in [2.75, 3.05) is 31.3 Å². The molecule has 0 aliphatic heterocycles. The molecule has 1 heterocycles. The number of methoxy groups -OCH3 is 1. The van der Waals surface area contributed by atoms with Crippen LogP contribution in [0, 0.1) is 0 Å². The molecule has 6 nitrogen and oxygen atoms in total. The van der Waals surface area contributed by atoms with Crippen LogP contribution in [0.15, 0.2) is 0 Å². The molecule has 1 rings (SSSR count). The zero-order valence-corrected chi connectivity index (χ0v) is 8.43. The minimum atomic E-state index is -0.531. The fourth-order valence-corrected chi connectivity index (χ4v) is 1.62. The Morgan fingerprint density at radius 3 is 3.07 bits per heavy atom. The topological polar surface area (TPSA) is 97.5 Å². The number of nitrogen functional groups attached to an aromatic ring is 1. The molecule has 0 amide bonds. The maximum Gasteiger partial charge on any atom is 0.344 e. The van der Waals surface area contributed by atoms with E-state index in [4.69, 9.17) is 10.8 Å². The Balaban J connectivity index is 2.88. The highest BCUT2D eigenvalue weighted by Gasteiger charge is 2.19. The standard InChI is InChI=1S/C7H11N3O3S/c1-13-7(12)4-5(8)10-14-6(4)9-2-3-11/h9,11H,2-3H2,1H3,(H2,8,10). The lowest BCUT2D eigenvalue weighted by Gasteiger charge is -2.03. The molecule has 1 aromatic rings. The minimum Gasteiger partial charge on any atom is -0.465 e. The van der Waals surface area contributed by atoms with Gasteiger partial charge in [-0.05, 0) is 11.5 Å². The first-order chi connectivity index (χ1) is 6.70. The molecule has 78 valence electrons. The van der Waals surface area contributed by atoms with Gasteiger partial charge >= 0.3 is 5.97 Å². The molecule has 0 radical (unpaired) electrons. The average molecular weight is 217 g/mol. The zero-order valence-electron chi connectivity index (χ0n) is 7.61. The van der Waals surface area contributed by atoms with E-state index < -0.39 is 5.97 Å². The van der Waals surface area contributed by atoms with Crippen molar-refractivity contribution in [1.82, 2.24) is 4.37 Å². The van der Waals surface area contributed by atoms with Gasteiger partial charge in [-0.15, -0.1) is 0 Å². The van der Waals surface area contributed by atoms with Crippen LogP contribution in [0.2, 0.25) is 0 Å². The maximum absolute atomic E-state index is 11.2. The van der Waals surface area contributed by atoms with Crippen molar-refractivity contribution < 1.29 is 14.6 Å². The highest BCUT2D eigenvalue weighted by Crippen LogP contribution is 2.26. The number of nitrogens with two attached hydrogens (primary N) is 1. The zero-order chi connectivity index (χ0) is 10.6. The molecule has 0 unspecified atom stereocenters. The number of aromatic nitrogens is 1. The normalized spacial score (nSPS) is 9.86. The summed E-state index contributed by atoms with van der Waals surface area (Å²) in [5.74, 6) is -0.390. The fourth-order valence-electron chi connectivity index (χ4n) is 0.892. The van der Waals surface area contributed by atoms with E-state index in [0.29, 0.717) is 11.5 Å². The molecule has 0 saturated carbocycles. The van der Waals surface area contributed by atoms with E-state index in [0.717, 1.165) is 11.5 Å². The number of hydrogen-bond donors (Lipinski definition) is 3. The second kappa shape index (κ2) is 4.77. The molecule has 1 aromatic heterocycles. The Morgan fingerprint density at radius 1 is 1.79 bits per heavy atom. The summed E-state index contributed by atoms with van der Waals surface area (Å²) >= 11 is 1.06. The monoisotopic (exact) mass is 217 g/mol. The number of ether oxygens (including phenoxy) is 1. The summed E-state index contributed by atoms with van der Waals surface area (Å²) in [7, 11) is 1.27. The quantitative estimate of drug-likeness (QED) is 0.610. The van der Waals surface area contributed by atoms with Gasteiger partial charge in [-0.3, -0.25) is 0 Å². The predicted octanol–water partition coefficient (Wildman–Crippen LogP) is -0.0839. The summed E-state index contributed by atoms with van der Waals surface area (Å²) in [5, 5.41) is 11.9. The number of aliphatic hydroxyl groups is 1. The molecule has 0 aromatic carbocycles. The minimum absolute atomic E-state index is 0.0293. The lowest BCUT2D eigenvalue weighted by atomic mass is 10.3. The molecule has 0 aliphatic carbocycles. The third-order valence-corrected chi connectivity index (χ3v) is 2.32. The van der Waals surface area contributed by atoms with Crippen LogP contribution in [-0.2, 0) is 4.74 Å². The van der Waals surface area contributed by atoms with Gasteiger partial charge in [-0.25, -0.2) is 4.79 Å². The average Bonchev–Trinajstić information content (AvgIpc) is 2.55. The van der Waals surface area contributed by atoms with Crippen molar-refractivity contribution in [2.24, 2.45) is 0 Å². The fraction of sp³-hybridized carbons (Fsp3) is 0.429. The van der Waals surface area contributed by atoms with E-state index >= 15 is 0 Å². The largest absolute Gasteiger partial charge is 0.465 e. The van der Waals surface area contributed by atoms with Crippen molar-refractivity contribution in [3.63, 3.8) is 0 Å². The lowest BCUT2D eigenvalue weighted by molar-refractivity contribution is 0.0603. The summed E-state index contributed by atoms with van der Waals surface area (Å²) < 4.78 is 8.35. The van der Waals surface area contributed by atoms with Crippen LogP contribution >= 0.6 is 11.5 Å². The maximum atomic E-state index is 11.2. The molecule has 0 fully saturated rings. The number of carbonyl (C=O) groups excluding carboxylic acids is 1. The predicted molar refractivity (Wildman–Crippen MR) is 53.4 cm³/mol. The van der Waals surface area contributed by atoms with Gasteiger partial charge in [-0.2, -0.15) is 4.37 Å². The van der Waals surface area contributed by atoms with Gasteiger partial charge in [0.15, 0.2) is 5.82 Å². The Bertz CT molecular complexity index is 326. The Labute approximate surface area is 84.9 Å². The van der Waals surface area contributed by atoms with Crippen molar-refractivity contribution >= 4 is 28.3 Å². The van der Waals surface area contributed by atoms with Gasteiger partial charge in [0.2, 0.25) is 0 Å². The molecule has 0 atom stereocenters. The second-order valence-electron chi connectivity index (χ2n) is 2.41. The van der Waals surface area contributed by atoms with Crippen molar-refractivity contribution in [3.8, 4) is 0 Å². The molecular formula is C7H11N3O3S. The van der Waals surface area contributed by atoms with E-state index in [-0.39, 0.29) is 18.0 Å². The first kappa shape index (κ1) is 10.7. The molecule has 7 heteroatoms. The number of nitrogens with zero attached hydrogens (tertiary/aromatic N) is 1. The van der Waals surface area contributed by atoms with E-state index in [9.17, 15) is 4.79 Å². The first-order valence-corrected chi connectivity index (χ1v) is 4.66.